The molecule has 17 heavy (non-hydrogen) atoms. The zero-order valence-electron chi connectivity index (χ0n) is 8.94. The first-order chi connectivity index (χ1) is 8.19. The Morgan fingerprint density at radius 3 is 2.47 bits per heavy atom. The number of hydrogen-bond donors (Lipinski definition) is 2. The van der Waals surface area contributed by atoms with E-state index in [1.165, 1.54) is 12.1 Å². The summed E-state index contributed by atoms with van der Waals surface area (Å²) in [4.78, 5) is 0. The normalized spacial score (nSPS) is 9.65. The van der Waals surface area contributed by atoms with Crippen LogP contribution in [-0.4, -0.2) is 0 Å². The van der Waals surface area contributed by atoms with E-state index in [0.29, 0.717) is 22.6 Å². The highest BCUT2D eigenvalue weighted by atomic mass is 19.1. The molecule has 84 valence electrons. The molecule has 0 aliphatic carbocycles. The topological polar surface area (TPSA) is 61.8 Å². The highest BCUT2D eigenvalue weighted by molar-refractivity contribution is 5.69. The molecule has 0 aliphatic rings. The molecule has 0 aromatic heterocycles. The molecule has 0 heterocycles. The quantitative estimate of drug-likeness (QED) is 0.775. The molecule has 0 spiro atoms. The van der Waals surface area contributed by atoms with Crippen molar-refractivity contribution in [3.05, 3.63) is 53.8 Å². The van der Waals surface area contributed by atoms with Crippen LogP contribution in [0.5, 0.6) is 0 Å². The Morgan fingerprint density at radius 1 is 1.12 bits per heavy atom. The molecule has 2 aromatic carbocycles. The van der Waals surface area contributed by atoms with Crippen LogP contribution in [0.2, 0.25) is 0 Å². The highest BCUT2D eigenvalue weighted by Crippen LogP contribution is 2.22. The molecule has 3 nitrogen and oxygen atoms in total. The number of halogens is 1. The van der Waals surface area contributed by atoms with Crippen molar-refractivity contribution < 1.29 is 4.39 Å². The number of nitrogens with one attached hydrogen (secondary N) is 1. The molecule has 0 radical (unpaired) electrons. The zero-order valence-corrected chi connectivity index (χ0v) is 8.94. The first kappa shape index (κ1) is 11.0. The van der Waals surface area contributed by atoms with Gasteiger partial charge in [0.05, 0.1) is 11.3 Å². The van der Waals surface area contributed by atoms with Crippen LogP contribution in [0.15, 0.2) is 42.5 Å². The van der Waals surface area contributed by atoms with Gasteiger partial charge in [0.25, 0.3) is 0 Å². The van der Waals surface area contributed by atoms with Crippen LogP contribution in [0.4, 0.5) is 21.5 Å². The van der Waals surface area contributed by atoms with Gasteiger partial charge in [-0.1, -0.05) is 0 Å². The second kappa shape index (κ2) is 4.54. The predicted molar refractivity (Wildman–Crippen MR) is 65.3 cm³/mol. The van der Waals surface area contributed by atoms with Crippen molar-refractivity contribution in [2.45, 2.75) is 0 Å². The Hall–Kier alpha value is -2.54. The molecule has 0 atom stereocenters. The lowest BCUT2D eigenvalue weighted by Crippen LogP contribution is -1.95. The smallest absolute Gasteiger partial charge is 0.123 e. The molecule has 0 bridgehead atoms. The van der Waals surface area contributed by atoms with Crippen LogP contribution in [0.3, 0.4) is 0 Å². The summed E-state index contributed by atoms with van der Waals surface area (Å²) in [5, 5.41) is 12.0. The predicted octanol–water partition coefficient (Wildman–Crippen LogP) is 3.02. The fraction of sp³-hybridized carbons (Fsp3) is 0. The van der Waals surface area contributed by atoms with Crippen LogP contribution >= 0.6 is 0 Å². The third kappa shape index (κ3) is 2.52. The number of rotatable bonds is 2. The number of nitrogens with two attached hydrogens (primary N) is 1. The Bertz CT molecular complexity index is 570. The maximum atomic E-state index is 12.7. The van der Waals surface area contributed by atoms with Crippen LogP contribution in [0.1, 0.15) is 5.56 Å². The molecule has 2 rings (SSSR count). The average Bonchev–Trinajstić information content (AvgIpc) is 2.34. The van der Waals surface area contributed by atoms with Crippen molar-refractivity contribution >= 4 is 17.1 Å². The van der Waals surface area contributed by atoms with Gasteiger partial charge in [0.2, 0.25) is 0 Å². The molecule has 4 heteroatoms. The highest BCUT2D eigenvalue weighted by Gasteiger charge is 2.02. The van der Waals surface area contributed by atoms with E-state index in [-0.39, 0.29) is 5.82 Å². The molecule has 0 aliphatic heterocycles. The van der Waals surface area contributed by atoms with E-state index in [1.807, 2.05) is 0 Å². The van der Waals surface area contributed by atoms with Crippen molar-refractivity contribution in [2.75, 3.05) is 11.1 Å². The van der Waals surface area contributed by atoms with Gasteiger partial charge in [0, 0.05) is 11.4 Å². The molecule has 0 unspecified atom stereocenters. The Balaban J connectivity index is 2.30. The molecule has 3 N–H and O–H groups in total. The summed E-state index contributed by atoms with van der Waals surface area (Å²) in [5.74, 6) is -0.298. The summed E-state index contributed by atoms with van der Waals surface area (Å²) >= 11 is 0. The van der Waals surface area contributed by atoms with Crippen molar-refractivity contribution in [1.82, 2.24) is 0 Å². The number of hydrogen-bond acceptors (Lipinski definition) is 3. The summed E-state index contributed by atoms with van der Waals surface area (Å²) in [6.45, 7) is 0. The monoisotopic (exact) mass is 227 g/mol. The van der Waals surface area contributed by atoms with Gasteiger partial charge in [0.15, 0.2) is 0 Å². The summed E-state index contributed by atoms with van der Waals surface area (Å²) in [5.41, 5.74) is 7.94. The first-order valence-electron chi connectivity index (χ1n) is 5.01. The average molecular weight is 227 g/mol. The molecular formula is C13H10FN3. The summed E-state index contributed by atoms with van der Waals surface area (Å²) in [7, 11) is 0. The standard InChI is InChI=1S/C13H10FN3/c14-10-1-4-12(5-2-10)17-13-6-3-11(16)7-9(13)8-15/h1-7,17H,16H2. The van der Waals surface area contributed by atoms with Gasteiger partial charge in [-0.05, 0) is 42.5 Å². The largest absolute Gasteiger partial charge is 0.399 e. The summed E-state index contributed by atoms with van der Waals surface area (Å²) < 4.78 is 12.7. The first-order valence-corrected chi connectivity index (χ1v) is 5.01. The van der Waals surface area contributed by atoms with E-state index in [9.17, 15) is 4.39 Å². The van der Waals surface area contributed by atoms with Gasteiger partial charge in [-0.25, -0.2) is 4.39 Å². The van der Waals surface area contributed by atoms with Crippen LogP contribution in [0.25, 0.3) is 0 Å². The van der Waals surface area contributed by atoms with E-state index in [2.05, 4.69) is 11.4 Å². The van der Waals surface area contributed by atoms with Crippen molar-refractivity contribution in [3.8, 4) is 6.07 Å². The lowest BCUT2D eigenvalue weighted by molar-refractivity contribution is 0.628. The molecule has 2 aromatic rings. The Morgan fingerprint density at radius 2 is 1.82 bits per heavy atom. The van der Waals surface area contributed by atoms with Crippen molar-refractivity contribution in [3.63, 3.8) is 0 Å². The van der Waals surface area contributed by atoms with Crippen LogP contribution < -0.4 is 11.1 Å². The van der Waals surface area contributed by atoms with Gasteiger partial charge in [-0.15, -0.1) is 0 Å². The molecule has 0 saturated carbocycles. The minimum absolute atomic E-state index is 0.298. The number of benzene rings is 2. The number of nitrogen functional groups attached to an aromatic ring is 1. The maximum Gasteiger partial charge on any atom is 0.123 e. The minimum atomic E-state index is -0.298. The van der Waals surface area contributed by atoms with E-state index in [1.54, 1.807) is 30.3 Å². The van der Waals surface area contributed by atoms with Crippen LogP contribution in [0, 0.1) is 17.1 Å². The number of nitriles is 1. The number of anilines is 3. The Kier molecular flexibility index (Phi) is 2.93. The lowest BCUT2D eigenvalue weighted by Gasteiger charge is -2.08. The van der Waals surface area contributed by atoms with Crippen molar-refractivity contribution in [2.24, 2.45) is 0 Å². The molecule has 0 saturated heterocycles. The summed E-state index contributed by atoms with van der Waals surface area (Å²) in [6, 6.07) is 13.0. The molecule has 0 fully saturated rings. The fourth-order valence-electron chi connectivity index (χ4n) is 1.45. The SMILES string of the molecule is N#Cc1cc(N)ccc1Nc1ccc(F)cc1. The van der Waals surface area contributed by atoms with Gasteiger partial charge in [0.1, 0.15) is 11.9 Å². The fourth-order valence-corrected chi connectivity index (χ4v) is 1.45. The van der Waals surface area contributed by atoms with Gasteiger partial charge >= 0.3 is 0 Å². The van der Waals surface area contributed by atoms with Crippen LogP contribution in [-0.2, 0) is 0 Å². The zero-order chi connectivity index (χ0) is 12.3. The van der Waals surface area contributed by atoms with Gasteiger partial charge in [-0.2, -0.15) is 5.26 Å². The van der Waals surface area contributed by atoms with E-state index in [0.717, 1.165) is 0 Å². The third-order valence-corrected chi connectivity index (χ3v) is 2.29. The Labute approximate surface area is 98.3 Å². The molecular weight excluding hydrogens is 217 g/mol. The second-order valence-corrected chi connectivity index (χ2v) is 3.55. The van der Waals surface area contributed by atoms with E-state index >= 15 is 0 Å². The second-order valence-electron chi connectivity index (χ2n) is 3.55. The van der Waals surface area contributed by atoms with E-state index in [4.69, 9.17) is 11.0 Å². The third-order valence-electron chi connectivity index (χ3n) is 2.29. The molecule has 0 amide bonds. The summed E-state index contributed by atoms with van der Waals surface area (Å²) in [6.07, 6.45) is 0. The van der Waals surface area contributed by atoms with Gasteiger partial charge in [-0.3, -0.25) is 0 Å². The lowest BCUT2D eigenvalue weighted by atomic mass is 10.1. The maximum absolute atomic E-state index is 12.7. The van der Waals surface area contributed by atoms with Gasteiger partial charge < -0.3 is 11.1 Å². The van der Waals surface area contributed by atoms with Crippen molar-refractivity contribution in [1.29, 1.82) is 5.26 Å². The minimum Gasteiger partial charge on any atom is -0.399 e. The van der Waals surface area contributed by atoms with E-state index < -0.39 is 0 Å². The number of nitrogens with zero attached hydrogens (tertiary/aromatic N) is 1.